The third kappa shape index (κ3) is 6.64. The zero-order chi connectivity index (χ0) is 15.5. The van der Waals surface area contributed by atoms with E-state index in [1.807, 2.05) is 0 Å². The minimum absolute atomic E-state index is 0.636. The Morgan fingerprint density at radius 2 is 1.81 bits per heavy atom. The molecule has 0 bridgehead atoms. The first-order chi connectivity index (χ1) is 10.3. The third-order valence-corrected chi connectivity index (χ3v) is 4.81. The second kappa shape index (κ2) is 11.4. The fraction of sp³-hybridized carbons (Fsp3) is 1.00. The zero-order valence-electron chi connectivity index (χ0n) is 14.6. The van der Waals surface area contributed by atoms with Gasteiger partial charge in [-0.25, -0.2) is 0 Å². The summed E-state index contributed by atoms with van der Waals surface area (Å²) in [6.07, 6.45) is 6.42. The number of methoxy groups -OCH3 is 2. The van der Waals surface area contributed by atoms with E-state index in [0.717, 1.165) is 45.2 Å². The summed E-state index contributed by atoms with van der Waals surface area (Å²) >= 11 is 0. The van der Waals surface area contributed by atoms with Crippen molar-refractivity contribution in [2.24, 2.45) is 5.92 Å². The molecule has 1 fully saturated rings. The lowest BCUT2D eigenvalue weighted by molar-refractivity contribution is 0.0601. The van der Waals surface area contributed by atoms with Crippen molar-refractivity contribution >= 4 is 0 Å². The number of rotatable bonds is 11. The molecule has 0 aromatic heterocycles. The average molecular weight is 300 g/mol. The standard InChI is InChI=1S/C17H36N2O2/c1-5-15-8-9-16(18-6-2)17(14-15)19(11-13-21-4)10-7-12-20-3/h15-18H,5-14H2,1-4H3. The van der Waals surface area contributed by atoms with Gasteiger partial charge in [-0.05, 0) is 38.1 Å². The van der Waals surface area contributed by atoms with Crippen molar-refractivity contribution in [2.75, 3.05) is 47.1 Å². The molecule has 0 aromatic carbocycles. The minimum atomic E-state index is 0.636. The van der Waals surface area contributed by atoms with E-state index in [2.05, 4.69) is 24.1 Å². The number of nitrogens with one attached hydrogen (secondary N) is 1. The molecule has 21 heavy (non-hydrogen) atoms. The van der Waals surface area contributed by atoms with Crippen molar-refractivity contribution in [1.82, 2.24) is 10.2 Å². The third-order valence-electron chi connectivity index (χ3n) is 4.81. The molecule has 4 heteroatoms. The Balaban J connectivity index is 2.65. The number of hydrogen-bond acceptors (Lipinski definition) is 4. The van der Waals surface area contributed by atoms with E-state index in [9.17, 15) is 0 Å². The molecule has 0 heterocycles. The highest BCUT2D eigenvalue weighted by molar-refractivity contribution is 4.91. The lowest BCUT2D eigenvalue weighted by Gasteiger charge is -2.43. The molecular formula is C17H36N2O2. The largest absolute Gasteiger partial charge is 0.385 e. The van der Waals surface area contributed by atoms with Gasteiger partial charge in [-0.1, -0.05) is 20.3 Å². The first kappa shape index (κ1) is 18.9. The maximum absolute atomic E-state index is 5.32. The topological polar surface area (TPSA) is 33.7 Å². The molecular weight excluding hydrogens is 264 g/mol. The summed E-state index contributed by atoms with van der Waals surface area (Å²) in [6, 6.07) is 1.29. The van der Waals surface area contributed by atoms with Crippen molar-refractivity contribution in [2.45, 2.75) is 58.0 Å². The van der Waals surface area contributed by atoms with Gasteiger partial charge in [0.25, 0.3) is 0 Å². The summed E-state index contributed by atoms with van der Waals surface area (Å²) in [6.45, 7) is 9.42. The van der Waals surface area contributed by atoms with E-state index in [0.29, 0.717) is 12.1 Å². The molecule has 1 N–H and O–H groups in total. The second-order valence-corrected chi connectivity index (χ2v) is 6.19. The lowest BCUT2D eigenvalue weighted by atomic mass is 9.80. The number of hydrogen-bond donors (Lipinski definition) is 1. The SMILES string of the molecule is CCNC1CCC(CC)CC1N(CCCOC)CCOC. The second-order valence-electron chi connectivity index (χ2n) is 6.19. The molecule has 0 saturated heterocycles. The summed E-state index contributed by atoms with van der Waals surface area (Å²) in [5.41, 5.74) is 0. The van der Waals surface area contributed by atoms with Crippen LogP contribution >= 0.6 is 0 Å². The number of ether oxygens (including phenoxy) is 2. The van der Waals surface area contributed by atoms with Crippen LogP contribution in [0.5, 0.6) is 0 Å². The van der Waals surface area contributed by atoms with E-state index in [1.54, 1.807) is 14.2 Å². The smallest absolute Gasteiger partial charge is 0.0589 e. The van der Waals surface area contributed by atoms with Crippen LogP contribution in [-0.2, 0) is 9.47 Å². The molecule has 1 saturated carbocycles. The van der Waals surface area contributed by atoms with Crippen LogP contribution in [0.2, 0.25) is 0 Å². The maximum atomic E-state index is 5.32. The summed E-state index contributed by atoms with van der Waals surface area (Å²) in [4.78, 5) is 2.64. The molecule has 0 aliphatic heterocycles. The van der Waals surface area contributed by atoms with Crippen molar-refractivity contribution in [3.05, 3.63) is 0 Å². The van der Waals surface area contributed by atoms with Gasteiger partial charge >= 0.3 is 0 Å². The van der Waals surface area contributed by atoms with Gasteiger partial charge < -0.3 is 14.8 Å². The zero-order valence-corrected chi connectivity index (χ0v) is 14.6. The quantitative estimate of drug-likeness (QED) is 0.595. The van der Waals surface area contributed by atoms with Crippen LogP contribution in [0, 0.1) is 5.92 Å². The Labute approximate surface area is 131 Å². The number of likely N-dealkylation sites (N-methyl/N-ethyl adjacent to an activating group) is 1. The lowest BCUT2D eigenvalue weighted by Crippen LogP contribution is -2.54. The fourth-order valence-electron chi connectivity index (χ4n) is 3.57. The van der Waals surface area contributed by atoms with E-state index in [1.165, 1.54) is 25.7 Å². The summed E-state index contributed by atoms with van der Waals surface area (Å²) in [7, 11) is 3.58. The van der Waals surface area contributed by atoms with Crippen LogP contribution < -0.4 is 5.32 Å². The normalized spacial score (nSPS) is 26.4. The molecule has 1 rings (SSSR count). The molecule has 3 atom stereocenters. The summed E-state index contributed by atoms with van der Waals surface area (Å²) in [5.74, 6) is 0.886. The average Bonchev–Trinajstić information content (AvgIpc) is 2.51. The minimum Gasteiger partial charge on any atom is -0.385 e. The molecule has 1 aliphatic rings. The molecule has 0 amide bonds. The van der Waals surface area contributed by atoms with Crippen molar-refractivity contribution in [1.29, 1.82) is 0 Å². The predicted molar refractivity (Wildman–Crippen MR) is 88.8 cm³/mol. The predicted octanol–water partition coefficient (Wildman–Crippen LogP) is 2.53. The number of nitrogens with zero attached hydrogens (tertiary/aromatic N) is 1. The van der Waals surface area contributed by atoms with Gasteiger partial charge in [-0.15, -0.1) is 0 Å². The van der Waals surface area contributed by atoms with Crippen LogP contribution in [0.4, 0.5) is 0 Å². The highest BCUT2D eigenvalue weighted by Gasteiger charge is 2.32. The summed E-state index contributed by atoms with van der Waals surface area (Å²) in [5, 5.41) is 3.71. The van der Waals surface area contributed by atoms with E-state index >= 15 is 0 Å². The Morgan fingerprint density at radius 1 is 1.05 bits per heavy atom. The molecule has 1 aliphatic carbocycles. The van der Waals surface area contributed by atoms with Gasteiger partial charge in [0, 0.05) is 46.0 Å². The van der Waals surface area contributed by atoms with E-state index in [4.69, 9.17) is 9.47 Å². The highest BCUT2D eigenvalue weighted by atomic mass is 16.5. The van der Waals surface area contributed by atoms with Gasteiger partial charge in [-0.3, -0.25) is 4.90 Å². The maximum Gasteiger partial charge on any atom is 0.0589 e. The van der Waals surface area contributed by atoms with Crippen LogP contribution in [0.1, 0.15) is 46.0 Å². The first-order valence-electron chi connectivity index (χ1n) is 8.72. The Hall–Kier alpha value is -0.160. The van der Waals surface area contributed by atoms with Crippen LogP contribution in [0.3, 0.4) is 0 Å². The molecule has 4 nitrogen and oxygen atoms in total. The van der Waals surface area contributed by atoms with Crippen LogP contribution in [0.25, 0.3) is 0 Å². The Bertz CT molecular complexity index is 251. The summed E-state index contributed by atoms with van der Waals surface area (Å²) < 4.78 is 10.6. The van der Waals surface area contributed by atoms with Gasteiger partial charge in [0.05, 0.1) is 6.61 Å². The molecule has 0 radical (unpaired) electrons. The van der Waals surface area contributed by atoms with Gasteiger partial charge in [0.15, 0.2) is 0 Å². The highest BCUT2D eigenvalue weighted by Crippen LogP contribution is 2.30. The van der Waals surface area contributed by atoms with E-state index in [-0.39, 0.29) is 0 Å². The first-order valence-corrected chi connectivity index (χ1v) is 8.72. The Kier molecular flexibility index (Phi) is 10.3. The van der Waals surface area contributed by atoms with Crippen LogP contribution in [0.15, 0.2) is 0 Å². The van der Waals surface area contributed by atoms with Crippen LogP contribution in [-0.4, -0.2) is 64.1 Å². The van der Waals surface area contributed by atoms with Crippen molar-refractivity contribution < 1.29 is 9.47 Å². The van der Waals surface area contributed by atoms with Crippen molar-refractivity contribution in [3.8, 4) is 0 Å². The molecule has 0 aromatic rings. The van der Waals surface area contributed by atoms with Gasteiger partial charge in [0.2, 0.25) is 0 Å². The fourth-order valence-corrected chi connectivity index (χ4v) is 3.57. The van der Waals surface area contributed by atoms with E-state index < -0.39 is 0 Å². The molecule has 126 valence electrons. The van der Waals surface area contributed by atoms with Gasteiger partial charge in [-0.2, -0.15) is 0 Å². The molecule has 0 spiro atoms. The Morgan fingerprint density at radius 3 is 2.43 bits per heavy atom. The van der Waals surface area contributed by atoms with Crippen molar-refractivity contribution in [3.63, 3.8) is 0 Å². The molecule has 3 unspecified atom stereocenters. The van der Waals surface area contributed by atoms with Gasteiger partial charge in [0.1, 0.15) is 0 Å². The monoisotopic (exact) mass is 300 g/mol.